The van der Waals surface area contributed by atoms with Crippen LogP contribution in [-0.2, 0) is 30.2 Å². The van der Waals surface area contributed by atoms with Crippen LogP contribution in [0.4, 0.5) is 0 Å². The predicted molar refractivity (Wildman–Crippen MR) is 82.3 cm³/mol. The van der Waals surface area contributed by atoms with Crippen LogP contribution >= 0.6 is 0 Å². The Morgan fingerprint density at radius 2 is 1.86 bits per heavy atom. The quantitative estimate of drug-likeness (QED) is 0.398. The molecule has 0 bridgehead atoms. The van der Waals surface area contributed by atoms with Gasteiger partial charge in [-0.15, -0.1) is 0 Å². The molecule has 0 N–H and O–H groups in total. The highest BCUT2D eigenvalue weighted by Gasteiger charge is 2.17. The van der Waals surface area contributed by atoms with Crippen LogP contribution in [0.3, 0.4) is 0 Å². The van der Waals surface area contributed by atoms with Gasteiger partial charge in [0.05, 0.1) is 13.2 Å². The molecule has 0 saturated carbocycles. The fourth-order valence-electron chi connectivity index (χ4n) is 1.65. The van der Waals surface area contributed by atoms with Crippen molar-refractivity contribution >= 4 is 11.9 Å². The van der Waals surface area contributed by atoms with E-state index in [0.29, 0.717) is 13.2 Å². The average Bonchev–Trinajstić information content (AvgIpc) is 2.51. The average molecular weight is 306 g/mol. The number of esters is 2. The zero-order valence-corrected chi connectivity index (χ0v) is 13.0. The summed E-state index contributed by atoms with van der Waals surface area (Å²) in [6.07, 6.45) is 2.68. The molecular formula is C17H22O5. The van der Waals surface area contributed by atoms with Gasteiger partial charge >= 0.3 is 11.9 Å². The summed E-state index contributed by atoms with van der Waals surface area (Å²) in [5.41, 5.74) is 1.20. The summed E-state index contributed by atoms with van der Waals surface area (Å²) in [5, 5.41) is 0. The number of hydrogen-bond acceptors (Lipinski definition) is 5. The van der Waals surface area contributed by atoms with Gasteiger partial charge in [0.1, 0.15) is 6.61 Å². The van der Waals surface area contributed by atoms with Crippen molar-refractivity contribution in [2.24, 2.45) is 0 Å². The van der Waals surface area contributed by atoms with Crippen LogP contribution in [0.1, 0.15) is 19.4 Å². The molecule has 5 nitrogen and oxygen atoms in total. The van der Waals surface area contributed by atoms with Gasteiger partial charge in [-0.05, 0) is 25.8 Å². The van der Waals surface area contributed by atoms with Crippen molar-refractivity contribution in [3.8, 4) is 0 Å². The molecular weight excluding hydrogens is 284 g/mol. The van der Waals surface area contributed by atoms with E-state index in [1.807, 2.05) is 30.3 Å². The first-order valence-corrected chi connectivity index (χ1v) is 7.25. The molecule has 1 unspecified atom stereocenters. The summed E-state index contributed by atoms with van der Waals surface area (Å²) in [5.74, 6) is -1.14. The molecule has 1 aromatic carbocycles. The predicted octanol–water partition coefficient (Wildman–Crippen LogP) is 2.30. The second-order valence-electron chi connectivity index (χ2n) is 4.59. The number of carbonyl (C=O) groups excluding carboxylic acids is 2. The fraction of sp³-hybridized carbons (Fsp3) is 0.412. The first-order chi connectivity index (χ1) is 10.6. The van der Waals surface area contributed by atoms with Crippen LogP contribution in [-0.4, -0.2) is 37.9 Å². The van der Waals surface area contributed by atoms with Gasteiger partial charge in [-0.25, -0.2) is 9.59 Å². The number of ether oxygens (including phenoxy) is 3. The zero-order valence-electron chi connectivity index (χ0n) is 13.0. The maximum absolute atomic E-state index is 11.6. The van der Waals surface area contributed by atoms with Crippen LogP contribution in [0, 0.1) is 0 Å². The Bertz CT molecular complexity index is 481. The topological polar surface area (TPSA) is 61.8 Å². The lowest BCUT2D eigenvalue weighted by Gasteiger charge is -2.11. The van der Waals surface area contributed by atoms with Gasteiger partial charge in [0.25, 0.3) is 0 Å². The number of rotatable bonds is 9. The Balaban J connectivity index is 2.08. The van der Waals surface area contributed by atoms with E-state index in [0.717, 1.165) is 6.42 Å². The molecule has 22 heavy (non-hydrogen) atoms. The van der Waals surface area contributed by atoms with Crippen molar-refractivity contribution in [2.45, 2.75) is 26.4 Å². The maximum Gasteiger partial charge on any atom is 0.347 e. The number of carbonyl (C=O) groups is 2. The summed E-state index contributed by atoms with van der Waals surface area (Å²) in [6, 6.07) is 9.99. The third-order valence-corrected chi connectivity index (χ3v) is 2.78. The summed E-state index contributed by atoms with van der Waals surface area (Å²) >= 11 is 0. The van der Waals surface area contributed by atoms with E-state index in [2.05, 4.69) is 0 Å². The van der Waals surface area contributed by atoms with Crippen LogP contribution in [0.5, 0.6) is 0 Å². The summed E-state index contributed by atoms with van der Waals surface area (Å²) < 4.78 is 15.2. The molecule has 1 atom stereocenters. The van der Waals surface area contributed by atoms with Gasteiger partial charge < -0.3 is 14.2 Å². The number of allylic oxidation sites excluding steroid dienone is 1. The minimum absolute atomic E-state index is 0.138. The molecule has 0 radical (unpaired) electrons. The first kappa shape index (κ1) is 17.9. The molecule has 0 saturated heterocycles. The lowest BCUT2D eigenvalue weighted by Crippen LogP contribution is -2.26. The lowest BCUT2D eigenvalue weighted by molar-refractivity contribution is -0.164. The maximum atomic E-state index is 11.6. The van der Waals surface area contributed by atoms with Crippen molar-refractivity contribution in [1.82, 2.24) is 0 Å². The SMILES string of the molecule is C/C=C\C(=O)OC(C)C(=O)OCCOCCc1ccccc1. The molecule has 0 spiro atoms. The molecule has 0 amide bonds. The lowest BCUT2D eigenvalue weighted by atomic mass is 10.2. The molecule has 0 heterocycles. The van der Waals surface area contributed by atoms with Gasteiger partial charge in [-0.1, -0.05) is 36.4 Å². The molecule has 1 aromatic rings. The zero-order chi connectivity index (χ0) is 16.2. The second-order valence-corrected chi connectivity index (χ2v) is 4.59. The largest absolute Gasteiger partial charge is 0.461 e. The molecule has 120 valence electrons. The van der Waals surface area contributed by atoms with E-state index in [9.17, 15) is 9.59 Å². The van der Waals surface area contributed by atoms with Crippen molar-refractivity contribution in [3.05, 3.63) is 48.0 Å². The molecule has 0 aliphatic rings. The van der Waals surface area contributed by atoms with Crippen LogP contribution < -0.4 is 0 Å². The van der Waals surface area contributed by atoms with Gasteiger partial charge in [0, 0.05) is 6.08 Å². The van der Waals surface area contributed by atoms with E-state index < -0.39 is 18.0 Å². The van der Waals surface area contributed by atoms with Gasteiger partial charge in [0.2, 0.25) is 0 Å². The van der Waals surface area contributed by atoms with Gasteiger partial charge in [-0.2, -0.15) is 0 Å². The van der Waals surface area contributed by atoms with E-state index in [1.54, 1.807) is 13.0 Å². The molecule has 0 fully saturated rings. The second kappa shape index (κ2) is 10.6. The fourth-order valence-corrected chi connectivity index (χ4v) is 1.65. The minimum Gasteiger partial charge on any atom is -0.461 e. The Hall–Kier alpha value is -2.14. The van der Waals surface area contributed by atoms with Gasteiger partial charge in [-0.3, -0.25) is 0 Å². The van der Waals surface area contributed by atoms with Crippen molar-refractivity contribution < 1.29 is 23.8 Å². The van der Waals surface area contributed by atoms with Crippen molar-refractivity contribution in [1.29, 1.82) is 0 Å². The summed E-state index contributed by atoms with van der Waals surface area (Å²) in [7, 11) is 0. The van der Waals surface area contributed by atoms with Gasteiger partial charge in [0.15, 0.2) is 6.10 Å². The van der Waals surface area contributed by atoms with Crippen molar-refractivity contribution in [3.63, 3.8) is 0 Å². The Labute approximate surface area is 130 Å². The van der Waals surface area contributed by atoms with Crippen LogP contribution in [0.25, 0.3) is 0 Å². The third kappa shape index (κ3) is 7.59. The molecule has 0 aliphatic heterocycles. The molecule has 1 rings (SSSR count). The van der Waals surface area contributed by atoms with Crippen molar-refractivity contribution in [2.75, 3.05) is 19.8 Å². The highest BCUT2D eigenvalue weighted by atomic mass is 16.6. The van der Waals surface area contributed by atoms with E-state index >= 15 is 0 Å². The summed E-state index contributed by atoms with van der Waals surface area (Å²) in [4.78, 5) is 22.7. The summed E-state index contributed by atoms with van der Waals surface area (Å²) in [6.45, 7) is 4.18. The Morgan fingerprint density at radius 3 is 2.55 bits per heavy atom. The standard InChI is InChI=1S/C17H22O5/c1-3-7-16(18)22-14(2)17(19)21-13-12-20-11-10-15-8-5-4-6-9-15/h3-9,14H,10-13H2,1-2H3/b7-3-. The number of hydrogen-bond donors (Lipinski definition) is 0. The van der Waals surface area contributed by atoms with E-state index in [-0.39, 0.29) is 6.61 Å². The van der Waals surface area contributed by atoms with Crippen LogP contribution in [0.2, 0.25) is 0 Å². The van der Waals surface area contributed by atoms with E-state index in [1.165, 1.54) is 18.6 Å². The first-order valence-electron chi connectivity index (χ1n) is 7.25. The molecule has 5 heteroatoms. The molecule has 0 aromatic heterocycles. The minimum atomic E-state index is -0.923. The number of benzene rings is 1. The third-order valence-electron chi connectivity index (χ3n) is 2.78. The molecule has 0 aliphatic carbocycles. The normalized spacial score (nSPS) is 12.1. The Morgan fingerprint density at radius 1 is 1.14 bits per heavy atom. The van der Waals surface area contributed by atoms with Crippen LogP contribution in [0.15, 0.2) is 42.5 Å². The monoisotopic (exact) mass is 306 g/mol. The Kier molecular flexibility index (Phi) is 8.60. The highest BCUT2D eigenvalue weighted by Crippen LogP contribution is 2.00. The highest BCUT2D eigenvalue weighted by molar-refractivity contribution is 5.85. The smallest absolute Gasteiger partial charge is 0.347 e. The van der Waals surface area contributed by atoms with E-state index in [4.69, 9.17) is 14.2 Å².